The number of Topliss-reactive ketones (excluding diaryl/α,β-unsaturated/α-hetero) is 1. The molecule has 1 saturated carbocycles. The second kappa shape index (κ2) is 9.49. The summed E-state index contributed by atoms with van der Waals surface area (Å²) >= 11 is 9.77. The quantitative estimate of drug-likeness (QED) is 0.559. The van der Waals surface area contributed by atoms with Crippen molar-refractivity contribution < 1.29 is 4.79 Å². The van der Waals surface area contributed by atoms with Crippen molar-refractivity contribution in [2.75, 3.05) is 4.90 Å². The summed E-state index contributed by atoms with van der Waals surface area (Å²) in [5, 5.41) is 20.7. The van der Waals surface area contributed by atoms with Gasteiger partial charge in [-0.25, -0.2) is 0 Å². The van der Waals surface area contributed by atoms with E-state index >= 15 is 0 Å². The molecule has 1 unspecified atom stereocenters. The van der Waals surface area contributed by atoms with Crippen LogP contribution < -0.4 is 10.6 Å². The number of nitrogens with zero attached hydrogens (tertiary/aromatic N) is 4. The first-order valence-corrected chi connectivity index (χ1v) is 13.4. The summed E-state index contributed by atoms with van der Waals surface area (Å²) in [6, 6.07) is 9.62. The average Bonchev–Trinajstić information content (AvgIpc) is 3.27. The molecule has 1 atom stereocenters. The van der Waals surface area contributed by atoms with Gasteiger partial charge in [0.15, 0.2) is 10.1 Å². The number of ketones is 1. The maximum Gasteiger partial charge on any atom is 0.219 e. The number of nitrogens with two attached hydrogens (primary N) is 1. The first kappa shape index (κ1) is 22.5. The van der Waals surface area contributed by atoms with E-state index in [0.29, 0.717) is 45.2 Å². The summed E-state index contributed by atoms with van der Waals surface area (Å²) in [6.07, 6.45) is 8.11. The van der Waals surface area contributed by atoms with Crippen molar-refractivity contribution >= 4 is 45.6 Å². The number of nitriles is 1. The Morgan fingerprint density at radius 1 is 1.15 bits per heavy atom. The number of aromatic nitrogens is 2. The summed E-state index contributed by atoms with van der Waals surface area (Å²) in [6.45, 7) is 0. The van der Waals surface area contributed by atoms with Gasteiger partial charge >= 0.3 is 0 Å². The second-order valence-corrected chi connectivity index (χ2v) is 11.5. The van der Waals surface area contributed by atoms with Crippen molar-refractivity contribution in [2.45, 2.75) is 66.9 Å². The SMILES string of the molecule is N#CC1=C(N)N(c2nnc(SC3CCCCC3)s2)C2=C(C(=O)CCC2)C1c1ccccc1Cl. The van der Waals surface area contributed by atoms with Gasteiger partial charge in [-0.1, -0.05) is 72.2 Å². The fraction of sp³-hybridized carbons (Fsp3) is 0.417. The second-order valence-electron chi connectivity index (χ2n) is 8.57. The number of carbonyl (C=O) groups is 1. The highest BCUT2D eigenvalue weighted by Crippen LogP contribution is 2.48. The van der Waals surface area contributed by atoms with E-state index in [-0.39, 0.29) is 5.78 Å². The smallest absolute Gasteiger partial charge is 0.219 e. The van der Waals surface area contributed by atoms with E-state index in [1.807, 2.05) is 18.2 Å². The standard InChI is InChI=1S/C24H24ClN5OS2/c25-17-10-5-4-9-15(17)20-16(13-26)22(27)30(18-11-6-12-19(31)21(18)20)23-28-29-24(33-23)32-14-7-2-1-3-8-14/h4-5,9-10,14,20H,1-3,6-8,11-12,27H2. The molecule has 2 aromatic rings. The Balaban J connectivity index is 1.58. The predicted octanol–water partition coefficient (Wildman–Crippen LogP) is 5.92. The fourth-order valence-corrected chi connectivity index (χ4v) is 7.62. The first-order chi connectivity index (χ1) is 16.1. The van der Waals surface area contributed by atoms with E-state index in [1.165, 1.54) is 43.4 Å². The maximum atomic E-state index is 13.2. The topological polar surface area (TPSA) is 95.9 Å². The van der Waals surface area contributed by atoms with Gasteiger partial charge in [0, 0.05) is 28.0 Å². The lowest BCUT2D eigenvalue weighted by atomic mass is 9.76. The third-order valence-corrected chi connectivity index (χ3v) is 9.21. The Hall–Kier alpha value is -2.34. The van der Waals surface area contributed by atoms with Crippen molar-refractivity contribution in [2.24, 2.45) is 5.73 Å². The summed E-state index contributed by atoms with van der Waals surface area (Å²) < 4.78 is 0.903. The predicted molar refractivity (Wildman–Crippen MR) is 132 cm³/mol. The third-order valence-electron chi connectivity index (χ3n) is 6.54. The summed E-state index contributed by atoms with van der Waals surface area (Å²) in [5.74, 6) is -0.222. The average molecular weight is 498 g/mol. The molecule has 3 aliphatic rings. The van der Waals surface area contributed by atoms with E-state index < -0.39 is 5.92 Å². The summed E-state index contributed by atoms with van der Waals surface area (Å²) in [5.41, 5.74) is 9.10. The van der Waals surface area contributed by atoms with Gasteiger partial charge in [0.25, 0.3) is 0 Å². The number of halogens is 1. The lowest BCUT2D eigenvalue weighted by molar-refractivity contribution is -0.116. The van der Waals surface area contributed by atoms with Crippen LogP contribution in [0.4, 0.5) is 5.13 Å². The molecule has 0 amide bonds. The first-order valence-electron chi connectivity index (χ1n) is 11.3. The van der Waals surface area contributed by atoms with Gasteiger partial charge in [0.1, 0.15) is 5.82 Å². The number of allylic oxidation sites excluding steroid dienone is 3. The molecule has 6 nitrogen and oxygen atoms in total. The van der Waals surface area contributed by atoms with Crippen LogP contribution in [0.5, 0.6) is 0 Å². The van der Waals surface area contributed by atoms with Crippen LogP contribution >= 0.6 is 34.7 Å². The zero-order valence-corrected chi connectivity index (χ0v) is 20.5. The van der Waals surface area contributed by atoms with E-state index in [0.717, 1.165) is 22.0 Å². The molecule has 1 aliphatic heterocycles. The lowest BCUT2D eigenvalue weighted by Gasteiger charge is -2.38. The minimum absolute atomic E-state index is 0.0349. The monoisotopic (exact) mass is 497 g/mol. The third kappa shape index (κ3) is 4.18. The molecule has 170 valence electrons. The van der Waals surface area contributed by atoms with Crippen LogP contribution in [-0.4, -0.2) is 21.2 Å². The molecule has 0 radical (unpaired) electrons. The zero-order chi connectivity index (χ0) is 22.9. The van der Waals surface area contributed by atoms with Crippen molar-refractivity contribution in [3.05, 3.63) is 57.5 Å². The number of rotatable bonds is 4. The van der Waals surface area contributed by atoms with Crippen LogP contribution in [0, 0.1) is 11.3 Å². The Kier molecular flexibility index (Phi) is 6.46. The van der Waals surface area contributed by atoms with E-state index in [9.17, 15) is 10.1 Å². The molecule has 0 bridgehead atoms. The molecule has 5 rings (SSSR count). The van der Waals surface area contributed by atoms with Crippen molar-refractivity contribution in [3.63, 3.8) is 0 Å². The van der Waals surface area contributed by atoms with Crippen molar-refractivity contribution in [1.82, 2.24) is 10.2 Å². The number of hydrogen-bond acceptors (Lipinski definition) is 8. The zero-order valence-electron chi connectivity index (χ0n) is 18.1. The van der Waals surface area contributed by atoms with E-state index in [4.69, 9.17) is 17.3 Å². The Morgan fingerprint density at radius 3 is 2.70 bits per heavy atom. The van der Waals surface area contributed by atoms with Crippen LogP contribution in [0.25, 0.3) is 0 Å². The normalized spacial score (nSPS) is 21.9. The Morgan fingerprint density at radius 2 is 1.94 bits per heavy atom. The Bertz CT molecular complexity index is 1190. The Labute approximate surface area is 206 Å². The minimum Gasteiger partial charge on any atom is -0.384 e. The van der Waals surface area contributed by atoms with Gasteiger partial charge in [-0.2, -0.15) is 5.26 Å². The van der Waals surface area contributed by atoms with Crippen LogP contribution in [0.1, 0.15) is 62.8 Å². The largest absolute Gasteiger partial charge is 0.384 e. The molecule has 2 N–H and O–H groups in total. The molecule has 1 aromatic carbocycles. The van der Waals surface area contributed by atoms with Crippen LogP contribution in [0.3, 0.4) is 0 Å². The molecule has 9 heteroatoms. The number of anilines is 1. The van der Waals surface area contributed by atoms with E-state index in [2.05, 4.69) is 16.3 Å². The van der Waals surface area contributed by atoms with Gasteiger partial charge < -0.3 is 5.73 Å². The fourth-order valence-electron chi connectivity index (χ4n) is 4.99. The number of thioether (sulfide) groups is 1. The van der Waals surface area contributed by atoms with E-state index in [1.54, 1.807) is 22.7 Å². The molecule has 33 heavy (non-hydrogen) atoms. The molecule has 0 spiro atoms. The maximum absolute atomic E-state index is 13.2. The highest BCUT2D eigenvalue weighted by Gasteiger charge is 2.41. The minimum atomic E-state index is -0.563. The van der Waals surface area contributed by atoms with Crippen molar-refractivity contribution in [3.8, 4) is 6.07 Å². The summed E-state index contributed by atoms with van der Waals surface area (Å²) in [4.78, 5) is 15.0. The van der Waals surface area contributed by atoms with Gasteiger partial charge in [0.05, 0.1) is 17.6 Å². The molecule has 1 fully saturated rings. The van der Waals surface area contributed by atoms with Crippen LogP contribution in [0.15, 0.2) is 51.3 Å². The van der Waals surface area contributed by atoms with Crippen LogP contribution in [-0.2, 0) is 4.79 Å². The number of carbonyl (C=O) groups excluding carboxylic acids is 1. The molecule has 2 heterocycles. The van der Waals surface area contributed by atoms with Gasteiger partial charge in [-0.15, -0.1) is 10.2 Å². The van der Waals surface area contributed by atoms with Crippen LogP contribution in [0.2, 0.25) is 5.02 Å². The molecule has 1 aromatic heterocycles. The molecule has 0 saturated heterocycles. The van der Waals surface area contributed by atoms with Gasteiger partial charge in [0.2, 0.25) is 5.13 Å². The van der Waals surface area contributed by atoms with Gasteiger partial charge in [-0.05, 0) is 37.3 Å². The van der Waals surface area contributed by atoms with Gasteiger partial charge in [-0.3, -0.25) is 9.69 Å². The van der Waals surface area contributed by atoms with Crippen molar-refractivity contribution in [1.29, 1.82) is 5.26 Å². The summed E-state index contributed by atoms with van der Waals surface area (Å²) in [7, 11) is 0. The highest BCUT2D eigenvalue weighted by atomic mass is 35.5. The molecular weight excluding hydrogens is 474 g/mol. The molecular formula is C24H24ClN5OS2. The molecule has 2 aliphatic carbocycles. The lowest BCUT2D eigenvalue weighted by Crippen LogP contribution is -2.38. The number of benzene rings is 1. The highest BCUT2D eigenvalue weighted by molar-refractivity contribution is 8.01. The number of hydrogen-bond donors (Lipinski definition) is 1.